The summed E-state index contributed by atoms with van der Waals surface area (Å²) >= 11 is 0. The van der Waals surface area contributed by atoms with Crippen LogP contribution in [0.2, 0.25) is 0 Å². The van der Waals surface area contributed by atoms with Crippen LogP contribution in [0, 0.1) is 0 Å². The van der Waals surface area contributed by atoms with E-state index in [-0.39, 0.29) is 30.1 Å². The molecule has 0 spiro atoms. The number of benzene rings is 1. The molecular weight excluding hydrogens is 281 g/mol. The number of hydrogen-bond acceptors (Lipinski definition) is 2. The number of halogens is 3. The van der Waals surface area contributed by atoms with Crippen LogP contribution >= 0.6 is 0 Å². The SMILES string of the molecule is CC1CCCC(C(=O)NCc2ccccc2C(F)(F)F)N1. The first-order valence-corrected chi connectivity index (χ1v) is 7.07. The highest BCUT2D eigenvalue weighted by Gasteiger charge is 2.33. The van der Waals surface area contributed by atoms with Gasteiger partial charge in [0.05, 0.1) is 11.6 Å². The van der Waals surface area contributed by atoms with E-state index in [0.29, 0.717) is 0 Å². The molecule has 1 aromatic rings. The summed E-state index contributed by atoms with van der Waals surface area (Å²) < 4.78 is 38.6. The Hall–Kier alpha value is -1.56. The molecule has 0 aromatic heterocycles. The van der Waals surface area contributed by atoms with Crippen LogP contribution in [-0.2, 0) is 17.5 Å². The van der Waals surface area contributed by atoms with Crippen LogP contribution in [0.3, 0.4) is 0 Å². The zero-order chi connectivity index (χ0) is 15.5. The third-order valence-electron chi connectivity index (χ3n) is 3.71. The molecule has 2 atom stereocenters. The fourth-order valence-corrected chi connectivity index (χ4v) is 2.60. The summed E-state index contributed by atoms with van der Waals surface area (Å²) in [4.78, 5) is 12.0. The van der Waals surface area contributed by atoms with Crippen molar-refractivity contribution in [2.24, 2.45) is 0 Å². The molecule has 1 aliphatic heterocycles. The largest absolute Gasteiger partial charge is 0.416 e. The van der Waals surface area contributed by atoms with E-state index in [4.69, 9.17) is 0 Å². The molecule has 2 unspecified atom stereocenters. The molecule has 1 aromatic carbocycles. The Kier molecular flexibility index (Phi) is 4.88. The highest BCUT2D eigenvalue weighted by atomic mass is 19.4. The number of carbonyl (C=O) groups is 1. The molecule has 1 aliphatic rings. The lowest BCUT2D eigenvalue weighted by atomic mass is 9.99. The molecule has 0 aliphatic carbocycles. The van der Waals surface area contributed by atoms with Crippen molar-refractivity contribution in [1.29, 1.82) is 0 Å². The topological polar surface area (TPSA) is 41.1 Å². The number of piperidine rings is 1. The number of amides is 1. The summed E-state index contributed by atoms with van der Waals surface area (Å²) in [6.07, 6.45) is -1.72. The van der Waals surface area contributed by atoms with Crippen molar-refractivity contribution in [3.63, 3.8) is 0 Å². The molecule has 0 saturated carbocycles. The maximum absolute atomic E-state index is 12.9. The van der Waals surface area contributed by atoms with E-state index in [9.17, 15) is 18.0 Å². The summed E-state index contributed by atoms with van der Waals surface area (Å²) in [5, 5.41) is 5.76. The molecule has 3 nitrogen and oxygen atoms in total. The molecular formula is C15H19F3N2O. The first kappa shape index (κ1) is 15.8. The maximum atomic E-state index is 12.9. The first-order valence-electron chi connectivity index (χ1n) is 7.07. The van der Waals surface area contributed by atoms with E-state index in [2.05, 4.69) is 10.6 Å². The van der Waals surface area contributed by atoms with E-state index in [1.165, 1.54) is 18.2 Å². The molecule has 21 heavy (non-hydrogen) atoms. The van der Waals surface area contributed by atoms with Gasteiger partial charge in [-0.25, -0.2) is 0 Å². The summed E-state index contributed by atoms with van der Waals surface area (Å²) in [5.74, 6) is -0.237. The number of nitrogens with one attached hydrogen (secondary N) is 2. The minimum Gasteiger partial charge on any atom is -0.351 e. The summed E-state index contributed by atoms with van der Waals surface area (Å²) in [5.41, 5.74) is -0.613. The van der Waals surface area contributed by atoms with Crippen molar-refractivity contribution >= 4 is 5.91 Å². The van der Waals surface area contributed by atoms with Crippen LogP contribution in [0.25, 0.3) is 0 Å². The molecule has 1 fully saturated rings. The fraction of sp³-hybridized carbons (Fsp3) is 0.533. The minimum absolute atomic E-state index is 0.0854. The van der Waals surface area contributed by atoms with Gasteiger partial charge in [-0.2, -0.15) is 13.2 Å². The number of alkyl halides is 3. The lowest BCUT2D eigenvalue weighted by Crippen LogP contribution is -2.49. The normalized spacial score (nSPS) is 22.9. The Morgan fingerprint density at radius 1 is 1.33 bits per heavy atom. The van der Waals surface area contributed by atoms with Crippen LogP contribution in [-0.4, -0.2) is 18.0 Å². The van der Waals surface area contributed by atoms with Crippen molar-refractivity contribution in [1.82, 2.24) is 10.6 Å². The van der Waals surface area contributed by atoms with Gasteiger partial charge in [0.25, 0.3) is 0 Å². The zero-order valence-corrected chi connectivity index (χ0v) is 11.8. The van der Waals surface area contributed by atoms with Crippen LogP contribution in [0.5, 0.6) is 0 Å². The van der Waals surface area contributed by atoms with Gasteiger partial charge in [0.2, 0.25) is 5.91 Å². The average molecular weight is 300 g/mol. The molecule has 1 heterocycles. The van der Waals surface area contributed by atoms with Crippen LogP contribution in [0.1, 0.15) is 37.3 Å². The van der Waals surface area contributed by atoms with Gasteiger partial charge in [-0.1, -0.05) is 18.2 Å². The molecule has 6 heteroatoms. The van der Waals surface area contributed by atoms with Gasteiger partial charge < -0.3 is 10.6 Å². The molecule has 116 valence electrons. The Morgan fingerprint density at radius 3 is 2.71 bits per heavy atom. The molecule has 0 bridgehead atoms. The number of carbonyl (C=O) groups excluding carboxylic acids is 1. The van der Waals surface area contributed by atoms with E-state index in [1.54, 1.807) is 0 Å². The number of rotatable bonds is 3. The molecule has 2 N–H and O–H groups in total. The Balaban J connectivity index is 1.98. The van der Waals surface area contributed by atoms with Crippen molar-refractivity contribution in [2.75, 3.05) is 0 Å². The van der Waals surface area contributed by atoms with Gasteiger partial charge in [-0.3, -0.25) is 4.79 Å². The lowest BCUT2D eigenvalue weighted by Gasteiger charge is -2.28. The molecule has 0 radical (unpaired) electrons. The van der Waals surface area contributed by atoms with Crippen LogP contribution in [0.4, 0.5) is 13.2 Å². The molecule has 1 saturated heterocycles. The minimum atomic E-state index is -4.40. The highest BCUT2D eigenvalue weighted by Crippen LogP contribution is 2.31. The van der Waals surface area contributed by atoms with E-state index >= 15 is 0 Å². The van der Waals surface area contributed by atoms with Crippen molar-refractivity contribution < 1.29 is 18.0 Å². The van der Waals surface area contributed by atoms with Gasteiger partial charge in [0.15, 0.2) is 0 Å². The first-order chi connectivity index (χ1) is 9.88. The second-order valence-corrected chi connectivity index (χ2v) is 5.42. The van der Waals surface area contributed by atoms with Gasteiger partial charge >= 0.3 is 6.18 Å². The van der Waals surface area contributed by atoms with Gasteiger partial charge in [-0.05, 0) is 37.8 Å². The second kappa shape index (κ2) is 6.47. The quantitative estimate of drug-likeness (QED) is 0.901. The summed E-state index contributed by atoms with van der Waals surface area (Å²) in [6, 6.07) is 5.25. The standard InChI is InChI=1S/C15H19F3N2O/c1-10-5-4-8-13(20-10)14(21)19-9-11-6-2-3-7-12(11)15(16,17)18/h2-3,6-7,10,13,20H,4-5,8-9H2,1H3,(H,19,21). The fourth-order valence-electron chi connectivity index (χ4n) is 2.60. The predicted molar refractivity (Wildman–Crippen MR) is 73.5 cm³/mol. The van der Waals surface area contributed by atoms with Crippen LogP contribution < -0.4 is 10.6 Å². The number of hydrogen-bond donors (Lipinski definition) is 2. The summed E-state index contributed by atoms with van der Waals surface area (Å²) in [7, 11) is 0. The van der Waals surface area contributed by atoms with E-state index in [0.717, 1.165) is 25.3 Å². The zero-order valence-electron chi connectivity index (χ0n) is 11.8. The van der Waals surface area contributed by atoms with Gasteiger partial charge in [-0.15, -0.1) is 0 Å². The third kappa shape index (κ3) is 4.20. The van der Waals surface area contributed by atoms with Crippen molar-refractivity contribution in [2.45, 2.75) is 51.0 Å². The van der Waals surface area contributed by atoms with Crippen molar-refractivity contribution in [3.05, 3.63) is 35.4 Å². The smallest absolute Gasteiger partial charge is 0.351 e. The summed E-state index contributed by atoms with van der Waals surface area (Å²) in [6.45, 7) is 1.89. The molecule has 1 amide bonds. The van der Waals surface area contributed by atoms with E-state index in [1.807, 2.05) is 6.92 Å². The van der Waals surface area contributed by atoms with E-state index < -0.39 is 11.7 Å². The van der Waals surface area contributed by atoms with Gasteiger partial charge in [0.1, 0.15) is 0 Å². The molecule has 2 rings (SSSR count). The predicted octanol–water partition coefficient (Wildman–Crippen LogP) is 2.85. The highest BCUT2D eigenvalue weighted by molar-refractivity contribution is 5.81. The van der Waals surface area contributed by atoms with Crippen molar-refractivity contribution in [3.8, 4) is 0 Å². The third-order valence-corrected chi connectivity index (χ3v) is 3.71. The Morgan fingerprint density at radius 2 is 2.05 bits per heavy atom. The second-order valence-electron chi connectivity index (χ2n) is 5.42. The lowest BCUT2D eigenvalue weighted by molar-refractivity contribution is -0.138. The Labute approximate surface area is 121 Å². The van der Waals surface area contributed by atoms with Gasteiger partial charge in [0, 0.05) is 12.6 Å². The monoisotopic (exact) mass is 300 g/mol. The maximum Gasteiger partial charge on any atom is 0.416 e. The van der Waals surface area contributed by atoms with Crippen LogP contribution in [0.15, 0.2) is 24.3 Å². The Bertz CT molecular complexity index is 502. The average Bonchev–Trinajstić information content (AvgIpc) is 2.44.